The van der Waals surface area contributed by atoms with E-state index in [2.05, 4.69) is 38.9 Å². The molecule has 0 aromatic carbocycles. The van der Waals surface area contributed by atoms with Crippen molar-refractivity contribution >= 4 is 0 Å². The van der Waals surface area contributed by atoms with Gasteiger partial charge in [-0.05, 0) is 117 Å². The van der Waals surface area contributed by atoms with Crippen molar-refractivity contribution in [2.75, 3.05) is 0 Å². The quantitative estimate of drug-likeness (QED) is 0.611. The molecule has 4 aliphatic carbocycles. The number of rotatable bonds is 4. The van der Waals surface area contributed by atoms with E-state index in [4.69, 9.17) is 5.26 Å². The molecule has 32 heavy (non-hydrogen) atoms. The molecular formula is C28H43N3O. The normalized spacial score (nSPS) is 46.6. The van der Waals surface area contributed by atoms with E-state index in [-0.39, 0.29) is 0 Å². The monoisotopic (exact) mass is 437 g/mol. The van der Waals surface area contributed by atoms with Gasteiger partial charge in [-0.2, -0.15) is 10.4 Å². The molecule has 1 N–H and O–H groups in total. The minimum atomic E-state index is -0.397. The Labute approximate surface area is 194 Å². The number of aromatic nitrogens is 2. The lowest BCUT2D eigenvalue weighted by atomic mass is 9.43. The first kappa shape index (κ1) is 22.5. The van der Waals surface area contributed by atoms with Crippen molar-refractivity contribution in [3.63, 3.8) is 0 Å². The summed E-state index contributed by atoms with van der Waals surface area (Å²) in [4.78, 5) is 0. The van der Waals surface area contributed by atoms with Crippen LogP contribution in [0.1, 0.15) is 97.6 Å². The Balaban J connectivity index is 1.32. The van der Waals surface area contributed by atoms with Gasteiger partial charge in [-0.15, -0.1) is 0 Å². The summed E-state index contributed by atoms with van der Waals surface area (Å²) in [6.07, 6.45) is 14.4. The molecule has 4 fully saturated rings. The molecule has 1 heterocycles. The van der Waals surface area contributed by atoms with Crippen molar-refractivity contribution in [3.8, 4) is 6.07 Å². The second-order valence-electron chi connectivity index (χ2n) is 12.7. The third kappa shape index (κ3) is 3.37. The SMILES string of the molecule is CC[C@@]1(O)CC[C@@]2(C)[C@H](CC[C@@H]3[C@@H]2CC[C@]2(C)[C@@H](C(C)Cn4ccc(C#N)n4)CC[C@@H]32)C1. The predicted molar refractivity (Wildman–Crippen MR) is 127 cm³/mol. The molecule has 0 aliphatic heterocycles. The Hall–Kier alpha value is -1.34. The van der Waals surface area contributed by atoms with Crippen LogP contribution in [0.4, 0.5) is 0 Å². The van der Waals surface area contributed by atoms with Gasteiger partial charge in [-0.1, -0.05) is 27.7 Å². The smallest absolute Gasteiger partial charge is 0.162 e. The van der Waals surface area contributed by atoms with Crippen LogP contribution in [-0.2, 0) is 6.54 Å². The third-order valence-corrected chi connectivity index (χ3v) is 11.5. The van der Waals surface area contributed by atoms with Crippen molar-refractivity contribution in [2.24, 2.45) is 46.3 Å². The van der Waals surface area contributed by atoms with E-state index < -0.39 is 5.60 Å². The van der Waals surface area contributed by atoms with Gasteiger partial charge in [0.25, 0.3) is 0 Å². The Kier molecular flexibility index (Phi) is 5.52. The fourth-order valence-corrected chi connectivity index (χ4v) is 9.56. The molecule has 4 aliphatic rings. The maximum atomic E-state index is 11.0. The first-order valence-corrected chi connectivity index (χ1v) is 13.4. The second-order valence-corrected chi connectivity index (χ2v) is 12.7. The molecule has 4 nitrogen and oxygen atoms in total. The lowest BCUT2D eigenvalue weighted by Gasteiger charge is -2.62. The zero-order chi connectivity index (χ0) is 22.7. The van der Waals surface area contributed by atoms with Crippen molar-refractivity contribution in [1.29, 1.82) is 5.26 Å². The van der Waals surface area contributed by atoms with Crippen LogP contribution < -0.4 is 0 Å². The summed E-state index contributed by atoms with van der Waals surface area (Å²) in [6.45, 7) is 10.7. The van der Waals surface area contributed by atoms with Crippen molar-refractivity contribution in [1.82, 2.24) is 9.78 Å². The average Bonchev–Trinajstić information content (AvgIpc) is 3.37. The topological polar surface area (TPSA) is 61.8 Å². The highest BCUT2D eigenvalue weighted by atomic mass is 16.3. The first-order valence-electron chi connectivity index (χ1n) is 13.4. The maximum absolute atomic E-state index is 11.0. The summed E-state index contributed by atoms with van der Waals surface area (Å²) < 4.78 is 1.99. The zero-order valence-electron chi connectivity index (χ0n) is 20.7. The van der Waals surface area contributed by atoms with Gasteiger partial charge in [0.1, 0.15) is 6.07 Å². The lowest BCUT2D eigenvalue weighted by molar-refractivity contribution is -0.152. The zero-order valence-corrected chi connectivity index (χ0v) is 20.7. The van der Waals surface area contributed by atoms with Crippen LogP contribution in [0.15, 0.2) is 12.3 Å². The van der Waals surface area contributed by atoms with Gasteiger partial charge in [0.2, 0.25) is 0 Å². The summed E-state index contributed by atoms with van der Waals surface area (Å²) in [7, 11) is 0. The molecule has 176 valence electrons. The molecule has 0 radical (unpaired) electrons. The van der Waals surface area contributed by atoms with Gasteiger partial charge >= 0.3 is 0 Å². The predicted octanol–water partition coefficient (Wildman–Crippen LogP) is 6.19. The molecule has 0 saturated heterocycles. The molecular weight excluding hydrogens is 394 g/mol. The minimum absolute atomic E-state index is 0.397. The maximum Gasteiger partial charge on any atom is 0.162 e. The number of nitrogens with zero attached hydrogens (tertiary/aromatic N) is 3. The van der Waals surface area contributed by atoms with E-state index >= 15 is 0 Å². The van der Waals surface area contributed by atoms with E-state index in [1.165, 1.54) is 44.9 Å². The van der Waals surface area contributed by atoms with Gasteiger partial charge in [0.15, 0.2) is 5.69 Å². The summed E-state index contributed by atoms with van der Waals surface area (Å²) in [5.41, 5.74) is 1.03. The summed E-state index contributed by atoms with van der Waals surface area (Å²) in [5.74, 6) is 4.68. The highest BCUT2D eigenvalue weighted by molar-refractivity contribution is 5.16. The molecule has 9 atom stereocenters. The van der Waals surface area contributed by atoms with Crippen LogP contribution in [0.5, 0.6) is 0 Å². The molecule has 4 saturated carbocycles. The summed E-state index contributed by atoms with van der Waals surface area (Å²) in [5, 5.41) is 24.6. The Morgan fingerprint density at radius 3 is 2.62 bits per heavy atom. The van der Waals surface area contributed by atoms with Crippen LogP contribution in [0, 0.1) is 57.7 Å². The minimum Gasteiger partial charge on any atom is -0.390 e. The molecule has 0 spiro atoms. The van der Waals surface area contributed by atoms with Gasteiger partial charge in [-0.3, -0.25) is 4.68 Å². The van der Waals surface area contributed by atoms with E-state index in [0.717, 1.165) is 55.4 Å². The van der Waals surface area contributed by atoms with Crippen LogP contribution in [0.2, 0.25) is 0 Å². The van der Waals surface area contributed by atoms with E-state index in [9.17, 15) is 5.11 Å². The summed E-state index contributed by atoms with van der Waals surface area (Å²) in [6, 6.07) is 3.99. The Morgan fingerprint density at radius 2 is 1.91 bits per heavy atom. The number of aliphatic hydroxyl groups is 1. The van der Waals surface area contributed by atoms with E-state index in [0.29, 0.717) is 22.4 Å². The highest BCUT2D eigenvalue weighted by Crippen LogP contribution is 2.68. The van der Waals surface area contributed by atoms with Gasteiger partial charge in [0, 0.05) is 12.7 Å². The van der Waals surface area contributed by atoms with Gasteiger partial charge < -0.3 is 5.11 Å². The number of nitriles is 1. The molecule has 1 aromatic rings. The molecule has 0 bridgehead atoms. The van der Waals surface area contributed by atoms with Crippen LogP contribution in [0.3, 0.4) is 0 Å². The largest absolute Gasteiger partial charge is 0.390 e. The van der Waals surface area contributed by atoms with E-state index in [1.807, 2.05) is 16.9 Å². The number of fused-ring (bicyclic) bond motifs is 5. The second kappa shape index (κ2) is 7.86. The van der Waals surface area contributed by atoms with Crippen molar-refractivity contribution < 1.29 is 5.11 Å². The highest BCUT2D eigenvalue weighted by Gasteiger charge is 2.61. The van der Waals surface area contributed by atoms with Gasteiger partial charge in [-0.25, -0.2) is 0 Å². The Bertz CT molecular complexity index is 887. The van der Waals surface area contributed by atoms with Crippen molar-refractivity contribution in [3.05, 3.63) is 18.0 Å². The summed E-state index contributed by atoms with van der Waals surface area (Å²) >= 11 is 0. The van der Waals surface area contributed by atoms with Crippen LogP contribution >= 0.6 is 0 Å². The molecule has 4 heteroatoms. The van der Waals surface area contributed by atoms with Crippen LogP contribution in [0.25, 0.3) is 0 Å². The molecule has 5 rings (SSSR count). The standard InChI is InChI=1S/C28H43N3O/c1-5-28(32)14-13-26(3)20(16-28)6-7-22-24-9-8-23(27(24,4)12-10-25(22)26)19(2)18-31-15-11-21(17-29)30-31/h11,15,19-20,22-25,32H,5-10,12-14,16,18H2,1-4H3/t19?,20-,22+,23-,24+,25+,26+,27-,28-/m1/s1. The van der Waals surface area contributed by atoms with Gasteiger partial charge in [0.05, 0.1) is 5.60 Å². The lowest BCUT2D eigenvalue weighted by Crippen LogP contribution is -2.56. The fraction of sp³-hybridized carbons (Fsp3) is 0.857. The Morgan fingerprint density at radius 1 is 1.12 bits per heavy atom. The molecule has 1 unspecified atom stereocenters. The fourth-order valence-electron chi connectivity index (χ4n) is 9.56. The van der Waals surface area contributed by atoms with Crippen molar-refractivity contribution in [2.45, 2.75) is 104 Å². The number of hydrogen-bond acceptors (Lipinski definition) is 3. The molecule has 1 aromatic heterocycles. The average molecular weight is 438 g/mol. The first-order chi connectivity index (χ1) is 15.2. The van der Waals surface area contributed by atoms with Crippen LogP contribution in [-0.4, -0.2) is 20.5 Å². The van der Waals surface area contributed by atoms with E-state index in [1.54, 1.807) is 0 Å². The third-order valence-electron chi connectivity index (χ3n) is 11.5. The number of hydrogen-bond donors (Lipinski definition) is 1. The molecule has 0 amide bonds.